The Hall–Kier alpha value is -1.44. The van der Waals surface area contributed by atoms with Gasteiger partial charge in [0.25, 0.3) is 5.91 Å². The first-order valence-corrected chi connectivity index (χ1v) is 7.57. The molecule has 7 nitrogen and oxygen atoms in total. The second-order valence-electron chi connectivity index (χ2n) is 5.51. The summed E-state index contributed by atoms with van der Waals surface area (Å²) in [5.41, 5.74) is 2.34. The Labute approximate surface area is 130 Å². The van der Waals surface area contributed by atoms with Gasteiger partial charge >= 0.3 is 0 Å². The highest BCUT2D eigenvalue weighted by molar-refractivity contribution is 5.93. The normalized spacial score (nSPS) is 25.2. The van der Waals surface area contributed by atoms with Gasteiger partial charge in [0.05, 0.1) is 19.3 Å². The Morgan fingerprint density at radius 2 is 2.18 bits per heavy atom. The second-order valence-corrected chi connectivity index (χ2v) is 5.51. The number of aromatic amines is 1. The maximum atomic E-state index is 12.3. The molecule has 1 aliphatic rings. The summed E-state index contributed by atoms with van der Waals surface area (Å²) < 4.78 is 16.4. The number of aryl methyl sites for hydroxylation is 1. The molecule has 22 heavy (non-hydrogen) atoms. The molecule has 0 bridgehead atoms. The molecule has 0 radical (unpaired) electrons. The fourth-order valence-corrected chi connectivity index (χ4v) is 2.86. The lowest BCUT2D eigenvalue weighted by Gasteiger charge is -2.36. The van der Waals surface area contributed by atoms with Crippen molar-refractivity contribution in [2.24, 2.45) is 5.92 Å². The molecule has 1 saturated heterocycles. The lowest BCUT2D eigenvalue weighted by Crippen LogP contribution is -2.50. The smallest absolute Gasteiger partial charge is 0.272 e. The summed E-state index contributed by atoms with van der Waals surface area (Å²) in [4.78, 5) is 12.3. The monoisotopic (exact) mass is 311 g/mol. The second kappa shape index (κ2) is 7.71. The van der Waals surface area contributed by atoms with Gasteiger partial charge in [0.1, 0.15) is 6.10 Å². The van der Waals surface area contributed by atoms with Crippen LogP contribution in [0.25, 0.3) is 0 Å². The number of nitrogens with one attached hydrogen (secondary N) is 2. The van der Waals surface area contributed by atoms with E-state index in [0.29, 0.717) is 25.5 Å². The SMILES string of the molecule is CCc1[nH]nc(C(=O)NC[C@@H]2COC[C@@H](OC)[C@H]2OC)c1C. The number of aromatic nitrogens is 2. The van der Waals surface area contributed by atoms with Crippen LogP contribution in [0.1, 0.15) is 28.7 Å². The van der Waals surface area contributed by atoms with Gasteiger partial charge in [-0.3, -0.25) is 9.89 Å². The van der Waals surface area contributed by atoms with Crippen molar-refractivity contribution in [3.05, 3.63) is 17.0 Å². The van der Waals surface area contributed by atoms with Crippen molar-refractivity contribution in [1.29, 1.82) is 0 Å². The van der Waals surface area contributed by atoms with Crippen molar-refractivity contribution in [1.82, 2.24) is 15.5 Å². The van der Waals surface area contributed by atoms with E-state index >= 15 is 0 Å². The molecule has 2 N–H and O–H groups in total. The van der Waals surface area contributed by atoms with Crippen LogP contribution in [0.4, 0.5) is 0 Å². The van der Waals surface area contributed by atoms with E-state index in [2.05, 4.69) is 15.5 Å². The number of H-pyrrole nitrogens is 1. The summed E-state index contributed by atoms with van der Waals surface area (Å²) >= 11 is 0. The van der Waals surface area contributed by atoms with E-state index in [0.717, 1.165) is 17.7 Å². The highest BCUT2D eigenvalue weighted by Gasteiger charge is 2.34. The molecule has 1 aliphatic heterocycles. The van der Waals surface area contributed by atoms with Crippen LogP contribution in [0.2, 0.25) is 0 Å². The molecule has 0 aliphatic carbocycles. The van der Waals surface area contributed by atoms with Crippen molar-refractivity contribution in [3.8, 4) is 0 Å². The predicted molar refractivity (Wildman–Crippen MR) is 80.9 cm³/mol. The lowest BCUT2D eigenvalue weighted by atomic mass is 9.96. The van der Waals surface area contributed by atoms with Crippen LogP contribution in [-0.2, 0) is 20.6 Å². The molecule has 1 fully saturated rings. The van der Waals surface area contributed by atoms with Crippen LogP contribution in [0, 0.1) is 12.8 Å². The van der Waals surface area contributed by atoms with Crippen LogP contribution in [0.3, 0.4) is 0 Å². The molecule has 0 saturated carbocycles. The van der Waals surface area contributed by atoms with E-state index in [-0.39, 0.29) is 24.0 Å². The molecular weight excluding hydrogens is 286 g/mol. The minimum atomic E-state index is -0.178. The zero-order chi connectivity index (χ0) is 16.1. The molecule has 2 heterocycles. The molecule has 0 unspecified atom stereocenters. The van der Waals surface area contributed by atoms with Crippen LogP contribution < -0.4 is 5.32 Å². The molecule has 0 spiro atoms. The van der Waals surface area contributed by atoms with Gasteiger partial charge in [0.2, 0.25) is 0 Å². The van der Waals surface area contributed by atoms with Crippen molar-refractivity contribution < 1.29 is 19.0 Å². The zero-order valence-corrected chi connectivity index (χ0v) is 13.6. The van der Waals surface area contributed by atoms with Crippen molar-refractivity contribution in [2.45, 2.75) is 32.5 Å². The van der Waals surface area contributed by atoms with E-state index in [4.69, 9.17) is 14.2 Å². The Balaban J connectivity index is 1.96. The number of carbonyl (C=O) groups is 1. The third-order valence-corrected chi connectivity index (χ3v) is 4.22. The first-order valence-electron chi connectivity index (χ1n) is 7.57. The van der Waals surface area contributed by atoms with E-state index in [9.17, 15) is 4.79 Å². The summed E-state index contributed by atoms with van der Waals surface area (Å²) in [6.07, 6.45) is 0.620. The largest absolute Gasteiger partial charge is 0.378 e. The fourth-order valence-electron chi connectivity index (χ4n) is 2.86. The summed E-state index contributed by atoms with van der Waals surface area (Å²) in [5.74, 6) is -0.125. The molecule has 1 aromatic rings. The predicted octanol–water partition coefficient (Wildman–Crippen LogP) is 0.687. The first-order chi connectivity index (χ1) is 10.6. The van der Waals surface area contributed by atoms with Crippen LogP contribution in [-0.4, -0.2) is 62.3 Å². The third kappa shape index (κ3) is 3.48. The number of nitrogens with zero attached hydrogens (tertiary/aromatic N) is 1. The van der Waals surface area contributed by atoms with E-state index < -0.39 is 0 Å². The van der Waals surface area contributed by atoms with Crippen LogP contribution in [0.5, 0.6) is 0 Å². The van der Waals surface area contributed by atoms with Gasteiger partial charge in [0.15, 0.2) is 5.69 Å². The van der Waals surface area contributed by atoms with Crippen molar-refractivity contribution >= 4 is 5.91 Å². The summed E-state index contributed by atoms with van der Waals surface area (Å²) in [6, 6.07) is 0. The van der Waals surface area contributed by atoms with Gasteiger partial charge in [-0.05, 0) is 13.3 Å². The minimum Gasteiger partial charge on any atom is -0.378 e. The molecule has 124 valence electrons. The van der Waals surface area contributed by atoms with Gasteiger partial charge in [-0.15, -0.1) is 0 Å². The number of methoxy groups -OCH3 is 2. The standard InChI is InChI=1S/C15H25N3O4/c1-5-11-9(2)13(18-17-11)15(19)16-6-10-7-22-8-12(20-3)14(10)21-4/h10,12,14H,5-8H2,1-4H3,(H,16,19)(H,17,18)/t10-,12-,14+/m1/s1. The summed E-state index contributed by atoms with van der Waals surface area (Å²) in [5, 5.41) is 9.91. The van der Waals surface area contributed by atoms with E-state index in [1.54, 1.807) is 14.2 Å². The van der Waals surface area contributed by atoms with E-state index in [1.165, 1.54) is 0 Å². The topological polar surface area (TPSA) is 85.5 Å². The van der Waals surface area contributed by atoms with E-state index in [1.807, 2.05) is 13.8 Å². The number of rotatable bonds is 6. The van der Waals surface area contributed by atoms with Crippen LogP contribution in [0.15, 0.2) is 0 Å². The molecule has 1 amide bonds. The van der Waals surface area contributed by atoms with Crippen molar-refractivity contribution in [3.63, 3.8) is 0 Å². The average molecular weight is 311 g/mol. The maximum Gasteiger partial charge on any atom is 0.272 e. The Morgan fingerprint density at radius 3 is 2.77 bits per heavy atom. The number of hydrogen-bond donors (Lipinski definition) is 2. The summed E-state index contributed by atoms with van der Waals surface area (Å²) in [7, 11) is 3.29. The maximum absolute atomic E-state index is 12.3. The van der Waals surface area contributed by atoms with Gasteiger partial charge < -0.3 is 19.5 Å². The zero-order valence-electron chi connectivity index (χ0n) is 13.6. The molecule has 2 rings (SSSR count). The molecule has 1 aromatic heterocycles. The van der Waals surface area contributed by atoms with Crippen molar-refractivity contribution in [2.75, 3.05) is 34.0 Å². The van der Waals surface area contributed by atoms with Gasteiger partial charge in [0, 0.05) is 37.9 Å². The average Bonchev–Trinajstić information content (AvgIpc) is 2.92. The Morgan fingerprint density at radius 1 is 1.41 bits per heavy atom. The highest BCUT2D eigenvalue weighted by atomic mass is 16.6. The third-order valence-electron chi connectivity index (χ3n) is 4.22. The molecule has 7 heteroatoms. The summed E-state index contributed by atoms with van der Waals surface area (Å²) in [6.45, 7) is 5.44. The lowest BCUT2D eigenvalue weighted by molar-refractivity contribution is -0.145. The molecule has 0 aromatic carbocycles. The fraction of sp³-hybridized carbons (Fsp3) is 0.733. The number of ether oxygens (including phenoxy) is 3. The van der Waals surface area contributed by atoms with Crippen LogP contribution >= 0.6 is 0 Å². The van der Waals surface area contributed by atoms with Gasteiger partial charge in [-0.2, -0.15) is 5.10 Å². The number of hydrogen-bond acceptors (Lipinski definition) is 5. The van der Waals surface area contributed by atoms with Gasteiger partial charge in [-0.25, -0.2) is 0 Å². The highest BCUT2D eigenvalue weighted by Crippen LogP contribution is 2.20. The Kier molecular flexibility index (Phi) is 5.93. The number of amides is 1. The molecular formula is C15H25N3O4. The number of carbonyl (C=O) groups excluding carboxylic acids is 1. The van der Waals surface area contributed by atoms with Gasteiger partial charge in [-0.1, -0.05) is 6.92 Å². The minimum absolute atomic E-state index is 0.0533. The first kappa shape index (κ1) is 16.9. The quantitative estimate of drug-likeness (QED) is 0.807. The molecule has 3 atom stereocenters. The Bertz CT molecular complexity index is 503.